The second-order valence-electron chi connectivity index (χ2n) is 5.60. The molecule has 0 aromatic heterocycles. The van der Waals surface area contributed by atoms with Crippen LogP contribution in [0.5, 0.6) is 5.75 Å². The number of hydrogen-bond donors (Lipinski definition) is 2. The topological polar surface area (TPSA) is 47.3 Å². The molecule has 1 unspecified atom stereocenters. The number of rotatable bonds is 4. The highest BCUT2D eigenvalue weighted by Gasteiger charge is 2.19. The van der Waals surface area contributed by atoms with Crippen LogP contribution in [0.3, 0.4) is 0 Å². The van der Waals surface area contributed by atoms with Crippen LogP contribution < -0.4 is 15.8 Å². The van der Waals surface area contributed by atoms with Gasteiger partial charge in [-0.3, -0.25) is 0 Å². The van der Waals surface area contributed by atoms with Gasteiger partial charge in [-0.15, -0.1) is 0 Å². The molecule has 0 amide bonds. The zero-order chi connectivity index (χ0) is 13.1. The Morgan fingerprint density at radius 1 is 1.35 bits per heavy atom. The first kappa shape index (κ1) is 13.7. The number of benzene rings is 1. The second-order valence-corrected chi connectivity index (χ2v) is 5.60. The smallest absolute Gasteiger partial charge is 0.121 e. The molecule has 1 aromatic rings. The zero-order valence-electron chi connectivity index (χ0n) is 11.5. The van der Waals surface area contributed by atoms with Crippen molar-refractivity contribution < 1.29 is 4.74 Å². The molecule has 0 spiro atoms. The van der Waals surface area contributed by atoms with E-state index in [0.717, 1.165) is 23.7 Å². The van der Waals surface area contributed by atoms with Gasteiger partial charge in [-0.05, 0) is 23.5 Å². The lowest BCUT2D eigenvalue weighted by Crippen LogP contribution is -2.25. The first-order chi connectivity index (χ1) is 7.84. The van der Waals surface area contributed by atoms with E-state index in [2.05, 4.69) is 33.0 Å². The Hall–Kier alpha value is -1.38. The standard InChI is InChI=1S/C14H24N2O/c1-10(14(2,3)4)9-16-13-8-11(17-5)6-7-12(13)15/h6-8,10,16H,9,15H2,1-5H3. The Labute approximate surface area is 104 Å². The third-order valence-corrected chi connectivity index (χ3v) is 3.34. The summed E-state index contributed by atoms with van der Waals surface area (Å²) in [4.78, 5) is 0. The number of nitrogen functional groups attached to an aromatic ring is 1. The molecule has 0 aliphatic heterocycles. The molecular formula is C14H24N2O. The fraction of sp³-hybridized carbons (Fsp3) is 0.571. The molecule has 17 heavy (non-hydrogen) atoms. The van der Waals surface area contributed by atoms with Crippen molar-refractivity contribution in [2.75, 3.05) is 24.7 Å². The molecule has 1 atom stereocenters. The number of nitrogens with one attached hydrogen (secondary N) is 1. The van der Waals surface area contributed by atoms with Gasteiger partial charge in [0.2, 0.25) is 0 Å². The normalized spacial score (nSPS) is 13.2. The van der Waals surface area contributed by atoms with E-state index in [-0.39, 0.29) is 0 Å². The van der Waals surface area contributed by atoms with Crippen LogP contribution in [-0.4, -0.2) is 13.7 Å². The molecule has 0 bridgehead atoms. The van der Waals surface area contributed by atoms with Crippen molar-refractivity contribution in [1.82, 2.24) is 0 Å². The van der Waals surface area contributed by atoms with Gasteiger partial charge < -0.3 is 15.8 Å². The van der Waals surface area contributed by atoms with Crippen LogP contribution in [0.2, 0.25) is 0 Å². The molecule has 3 nitrogen and oxygen atoms in total. The number of methoxy groups -OCH3 is 1. The highest BCUT2D eigenvalue weighted by Crippen LogP contribution is 2.28. The van der Waals surface area contributed by atoms with Gasteiger partial charge >= 0.3 is 0 Å². The molecule has 0 aliphatic carbocycles. The van der Waals surface area contributed by atoms with Crippen molar-refractivity contribution >= 4 is 11.4 Å². The average molecular weight is 236 g/mol. The van der Waals surface area contributed by atoms with Crippen molar-refractivity contribution in [3.05, 3.63) is 18.2 Å². The molecule has 3 N–H and O–H groups in total. The summed E-state index contributed by atoms with van der Waals surface area (Å²) >= 11 is 0. The van der Waals surface area contributed by atoms with Crippen LogP contribution in [0.25, 0.3) is 0 Å². The third-order valence-electron chi connectivity index (χ3n) is 3.34. The molecule has 0 saturated heterocycles. The molecule has 3 heteroatoms. The molecule has 1 rings (SSSR count). The van der Waals surface area contributed by atoms with Crippen LogP contribution in [0, 0.1) is 11.3 Å². The molecule has 96 valence electrons. The highest BCUT2D eigenvalue weighted by atomic mass is 16.5. The average Bonchev–Trinajstić information content (AvgIpc) is 2.26. The van der Waals surface area contributed by atoms with Gasteiger partial charge in [-0.25, -0.2) is 0 Å². The monoisotopic (exact) mass is 236 g/mol. The maximum atomic E-state index is 5.92. The summed E-state index contributed by atoms with van der Waals surface area (Å²) in [6.07, 6.45) is 0. The van der Waals surface area contributed by atoms with Crippen molar-refractivity contribution in [2.45, 2.75) is 27.7 Å². The Bertz CT molecular complexity index is 369. The van der Waals surface area contributed by atoms with Gasteiger partial charge in [-0.2, -0.15) is 0 Å². The van der Waals surface area contributed by atoms with E-state index in [1.807, 2.05) is 18.2 Å². The van der Waals surface area contributed by atoms with Gasteiger partial charge in [0, 0.05) is 12.6 Å². The van der Waals surface area contributed by atoms with E-state index in [4.69, 9.17) is 10.5 Å². The Morgan fingerprint density at radius 3 is 2.53 bits per heavy atom. The highest BCUT2D eigenvalue weighted by molar-refractivity contribution is 5.68. The largest absolute Gasteiger partial charge is 0.497 e. The summed E-state index contributed by atoms with van der Waals surface area (Å²) in [5.41, 5.74) is 7.91. The van der Waals surface area contributed by atoms with Crippen LogP contribution in [-0.2, 0) is 0 Å². The zero-order valence-corrected chi connectivity index (χ0v) is 11.5. The molecule has 0 heterocycles. The predicted molar refractivity (Wildman–Crippen MR) is 74.5 cm³/mol. The van der Waals surface area contributed by atoms with E-state index in [9.17, 15) is 0 Å². The third kappa shape index (κ3) is 3.84. The van der Waals surface area contributed by atoms with Gasteiger partial charge in [-0.1, -0.05) is 27.7 Å². The van der Waals surface area contributed by atoms with Crippen LogP contribution in [0.15, 0.2) is 18.2 Å². The lowest BCUT2D eigenvalue weighted by Gasteiger charge is -2.28. The minimum Gasteiger partial charge on any atom is -0.497 e. The Morgan fingerprint density at radius 2 is 2.00 bits per heavy atom. The summed E-state index contributed by atoms with van der Waals surface area (Å²) in [5, 5.41) is 3.39. The lowest BCUT2D eigenvalue weighted by molar-refractivity contribution is 0.274. The SMILES string of the molecule is COc1ccc(N)c(NCC(C)C(C)(C)C)c1. The summed E-state index contributed by atoms with van der Waals surface area (Å²) in [7, 11) is 1.66. The van der Waals surface area contributed by atoms with Gasteiger partial charge in [0.1, 0.15) is 5.75 Å². The number of hydrogen-bond acceptors (Lipinski definition) is 3. The van der Waals surface area contributed by atoms with E-state index in [1.54, 1.807) is 7.11 Å². The summed E-state index contributed by atoms with van der Waals surface area (Å²) in [5.74, 6) is 1.39. The second kappa shape index (κ2) is 5.30. The maximum Gasteiger partial charge on any atom is 0.121 e. The predicted octanol–water partition coefficient (Wildman–Crippen LogP) is 3.37. The summed E-state index contributed by atoms with van der Waals surface area (Å²) < 4.78 is 5.19. The Balaban J connectivity index is 2.69. The van der Waals surface area contributed by atoms with E-state index < -0.39 is 0 Å². The van der Waals surface area contributed by atoms with Gasteiger partial charge in [0.15, 0.2) is 0 Å². The quantitative estimate of drug-likeness (QED) is 0.788. The van der Waals surface area contributed by atoms with Crippen molar-refractivity contribution in [2.24, 2.45) is 11.3 Å². The van der Waals surface area contributed by atoms with Crippen LogP contribution in [0.1, 0.15) is 27.7 Å². The molecule has 0 saturated carbocycles. The Kier molecular flexibility index (Phi) is 4.27. The van der Waals surface area contributed by atoms with Crippen molar-refractivity contribution in [1.29, 1.82) is 0 Å². The van der Waals surface area contributed by atoms with E-state index in [1.165, 1.54) is 0 Å². The summed E-state index contributed by atoms with van der Waals surface area (Å²) in [6.45, 7) is 9.88. The molecule has 1 aromatic carbocycles. The van der Waals surface area contributed by atoms with Crippen molar-refractivity contribution in [3.8, 4) is 5.75 Å². The minimum atomic E-state index is 0.292. The van der Waals surface area contributed by atoms with E-state index in [0.29, 0.717) is 11.3 Å². The molecule has 0 aliphatic rings. The van der Waals surface area contributed by atoms with Crippen molar-refractivity contribution in [3.63, 3.8) is 0 Å². The molecule has 0 fully saturated rings. The lowest BCUT2D eigenvalue weighted by atomic mass is 9.82. The van der Waals surface area contributed by atoms with Crippen LogP contribution in [0.4, 0.5) is 11.4 Å². The molecule has 0 radical (unpaired) electrons. The molecular weight excluding hydrogens is 212 g/mol. The van der Waals surface area contributed by atoms with Crippen LogP contribution >= 0.6 is 0 Å². The first-order valence-corrected chi connectivity index (χ1v) is 6.02. The van der Waals surface area contributed by atoms with Gasteiger partial charge in [0.25, 0.3) is 0 Å². The van der Waals surface area contributed by atoms with Gasteiger partial charge in [0.05, 0.1) is 18.5 Å². The number of anilines is 2. The summed E-state index contributed by atoms with van der Waals surface area (Å²) in [6, 6.07) is 5.67. The maximum absolute atomic E-state index is 5.92. The fourth-order valence-corrected chi connectivity index (χ4v) is 1.38. The fourth-order valence-electron chi connectivity index (χ4n) is 1.38. The number of nitrogens with two attached hydrogens (primary N) is 1. The van der Waals surface area contributed by atoms with E-state index >= 15 is 0 Å². The minimum absolute atomic E-state index is 0.292. The first-order valence-electron chi connectivity index (χ1n) is 6.02. The number of ether oxygens (including phenoxy) is 1.